The van der Waals surface area contributed by atoms with Gasteiger partial charge in [0.05, 0.1) is 12.3 Å². The van der Waals surface area contributed by atoms with Gasteiger partial charge < -0.3 is 14.8 Å². The summed E-state index contributed by atoms with van der Waals surface area (Å²) in [6, 6.07) is 4.02. The lowest BCUT2D eigenvalue weighted by Gasteiger charge is -2.18. The van der Waals surface area contributed by atoms with E-state index in [-0.39, 0.29) is 11.5 Å². The van der Waals surface area contributed by atoms with Gasteiger partial charge in [-0.3, -0.25) is 4.79 Å². The van der Waals surface area contributed by atoms with Crippen LogP contribution in [0.1, 0.15) is 33.3 Å². The lowest BCUT2D eigenvalue weighted by atomic mass is 9.99. The minimum absolute atomic E-state index is 0.246. The summed E-state index contributed by atoms with van der Waals surface area (Å²) in [5, 5.41) is 4.56. The number of hydrogen-bond acceptors (Lipinski definition) is 5. The fraction of sp³-hybridized carbons (Fsp3) is 0.444. The normalized spacial score (nSPS) is 16.0. The number of alkyl halides is 1. The third-order valence-corrected chi connectivity index (χ3v) is 4.77. The Hall–Kier alpha value is -1.79. The van der Waals surface area contributed by atoms with Crippen LogP contribution in [0.5, 0.6) is 11.5 Å². The Kier molecular flexibility index (Phi) is 4.93. The molecule has 3 rings (SSSR count). The lowest BCUT2D eigenvalue weighted by molar-refractivity contribution is -0.115. The summed E-state index contributed by atoms with van der Waals surface area (Å²) in [5.74, 6) is 1.28. The maximum absolute atomic E-state index is 11.7. The number of benzene rings is 1. The maximum Gasteiger partial charge on any atom is 0.243 e. The average Bonchev–Trinajstić information content (AvgIpc) is 3.10. The van der Waals surface area contributed by atoms with Crippen LogP contribution in [0.25, 0.3) is 11.3 Å². The molecule has 0 saturated carbocycles. The number of halogens is 1. The van der Waals surface area contributed by atoms with E-state index in [2.05, 4.69) is 30.2 Å². The summed E-state index contributed by atoms with van der Waals surface area (Å²) in [5.41, 5.74) is 2.60. The number of nitrogens with one attached hydrogen (secondary N) is 1. The number of hydrogen-bond donors (Lipinski definition) is 1. The Morgan fingerprint density at radius 3 is 2.96 bits per heavy atom. The van der Waals surface area contributed by atoms with Gasteiger partial charge in [-0.25, -0.2) is 4.98 Å². The molecule has 0 fully saturated rings. The van der Waals surface area contributed by atoms with Crippen LogP contribution in [0.2, 0.25) is 0 Å². The minimum atomic E-state index is -0.601. The molecule has 134 valence electrons. The van der Waals surface area contributed by atoms with Crippen molar-refractivity contribution < 1.29 is 14.3 Å². The number of carbonyl (C=O) groups is 1. The van der Waals surface area contributed by atoms with Crippen molar-refractivity contribution in [3.63, 3.8) is 0 Å². The summed E-state index contributed by atoms with van der Waals surface area (Å²) in [6.45, 7) is 8.26. The standard InChI is InChI=1S/C18H21ClN2O3S/c1-5-23-14-7-11(6-12-8-18(3,4)24-15(12)14)13-9-25-17(20-13)21-16(22)10(2)19/h6-7,9-10H,5,8H2,1-4H3,(H,20,21,22). The molecular weight excluding hydrogens is 360 g/mol. The Balaban J connectivity index is 1.92. The fourth-order valence-corrected chi connectivity index (χ4v) is 3.53. The molecule has 25 heavy (non-hydrogen) atoms. The second-order valence-corrected chi connectivity index (χ2v) is 8.09. The minimum Gasteiger partial charge on any atom is -0.490 e. The van der Waals surface area contributed by atoms with Gasteiger partial charge in [0.25, 0.3) is 0 Å². The van der Waals surface area contributed by atoms with Crippen molar-refractivity contribution in [3.05, 3.63) is 23.1 Å². The van der Waals surface area contributed by atoms with Crippen molar-refractivity contribution in [3.8, 4) is 22.8 Å². The van der Waals surface area contributed by atoms with Gasteiger partial charge in [0.1, 0.15) is 11.0 Å². The highest BCUT2D eigenvalue weighted by Gasteiger charge is 2.33. The van der Waals surface area contributed by atoms with E-state index in [0.717, 1.165) is 34.7 Å². The largest absolute Gasteiger partial charge is 0.490 e. The van der Waals surface area contributed by atoms with Crippen molar-refractivity contribution in [1.29, 1.82) is 0 Å². The highest BCUT2D eigenvalue weighted by molar-refractivity contribution is 7.14. The van der Waals surface area contributed by atoms with Gasteiger partial charge in [0, 0.05) is 22.9 Å². The van der Waals surface area contributed by atoms with E-state index in [9.17, 15) is 4.79 Å². The summed E-state index contributed by atoms with van der Waals surface area (Å²) < 4.78 is 11.8. The topological polar surface area (TPSA) is 60.5 Å². The Labute approximate surface area is 156 Å². The second-order valence-electron chi connectivity index (χ2n) is 6.58. The van der Waals surface area contributed by atoms with Gasteiger partial charge in [0.15, 0.2) is 16.6 Å². The van der Waals surface area contributed by atoms with Crippen molar-refractivity contribution in [2.45, 2.75) is 45.1 Å². The molecule has 1 amide bonds. The van der Waals surface area contributed by atoms with E-state index in [1.54, 1.807) is 6.92 Å². The van der Waals surface area contributed by atoms with E-state index in [1.165, 1.54) is 11.3 Å². The highest BCUT2D eigenvalue weighted by atomic mass is 35.5. The van der Waals surface area contributed by atoms with Gasteiger partial charge in [-0.1, -0.05) is 0 Å². The van der Waals surface area contributed by atoms with Crippen LogP contribution < -0.4 is 14.8 Å². The third kappa shape index (κ3) is 3.90. The molecule has 2 heterocycles. The monoisotopic (exact) mass is 380 g/mol. The van der Waals surface area contributed by atoms with Crippen LogP contribution in [0.4, 0.5) is 5.13 Å². The van der Waals surface area contributed by atoms with E-state index in [4.69, 9.17) is 21.1 Å². The highest BCUT2D eigenvalue weighted by Crippen LogP contribution is 2.44. The molecule has 1 aromatic carbocycles. The zero-order chi connectivity index (χ0) is 18.2. The molecule has 0 aliphatic carbocycles. The molecule has 0 spiro atoms. The Morgan fingerprint density at radius 1 is 1.52 bits per heavy atom. The van der Waals surface area contributed by atoms with Crippen molar-refractivity contribution >= 4 is 34.0 Å². The molecule has 1 aliphatic heterocycles. The van der Waals surface area contributed by atoms with Crippen LogP contribution in [0.3, 0.4) is 0 Å². The molecule has 5 nitrogen and oxygen atoms in total. The molecule has 0 radical (unpaired) electrons. The predicted molar refractivity (Wildman–Crippen MR) is 101 cm³/mol. The number of carbonyl (C=O) groups excluding carboxylic acids is 1. The molecule has 2 aromatic rings. The predicted octanol–water partition coefficient (Wildman–Crippen LogP) is 4.49. The first-order chi connectivity index (χ1) is 11.8. The van der Waals surface area contributed by atoms with Gasteiger partial charge in [-0.2, -0.15) is 0 Å². The molecule has 1 aromatic heterocycles. The van der Waals surface area contributed by atoms with Crippen LogP contribution in [0, 0.1) is 0 Å². The number of thiazole rings is 1. The Bertz CT molecular complexity index is 802. The molecule has 1 atom stereocenters. The maximum atomic E-state index is 11.7. The zero-order valence-electron chi connectivity index (χ0n) is 14.7. The summed E-state index contributed by atoms with van der Waals surface area (Å²) in [7, 11) is 0. The fourth-order valence-electron chi connectivity index (χ4n) is 2.76. The SMILES string of the molecule is CCOc1cc(-c2csc(NC(=O)C(C)Cl)n2)cc2c1OC(C)(C)C2. The number of rotatable bonds is 5. The van der Waals surface area contributed by atoms with Gasteiger partial charge in [-0.05, 0) is 39.8 Å². The third-order valence-electron chi connectivity index (χ3n) is 3.82. The van der Waals surface area contributed by atoms with Crippen LogP contribution >= 0.6 is 22.9 Å². The number of aromatic nitrogens is 1. The summed E-state index contributed by atoms with van der Waals surface area (Å²) >= 11 is 7.15. The first kappa shape index (κ1) is 18.0. The Morgan fingerprint density at radius 2 is 2.28 bits per heavy atom. The van der Waals surface area contributed by atoms with E-state index >= 15 is 0 Å². The van der Waals surface area contributed by atoms with E-state index in [1.807, 2.05) is 18.4 Å². The van der Waals surface area contributed by atoms with Crippen LogP contribution in [-0.4, -0.2) is 28.5 Å². The summed E-state index contributed by atoms with van der Waals surface area (Å²) in [6.07, 6.45) is 0.813. The summed E-state index contributed by atoms with van der Waals surface area (Å²) in [4.78, 5) is 16.2. The number of ether oxygens (including phenoxy) is 2. The van der Waals surface area contributed by atoms with Gasteiger partial charge in [-0.15, -0.1) is 22.9 Å². The molecule has 1 unspecified atom stereocenters. The molecule has 0 bridgehead atoms. The number of fused-ring (bicyclic) bond motifs is 1. The molecule has 7 heteroatoms. The second kappa shape index (κ2) is 6.84. The molecular formula is C18H21ClN2O3S. The van der Waals surface area contributed by atoms with Crippen molar-refractivity contribution in [1.82, 2.24) is 4.98 Å². The van der Waals surface area contributed by atoms with Gasteiger partial charge >= 0.3 is 0 Å². The first-order valence-electron chi connectivity index (χ1n) is 8.18. The van der Waals surface area contributed by atoms with Crippen molar-refractivity contribution in [2.75, 3.05) is 11.9 Å². The van der Waals surface area contributed by atoms with Crippen LogP contribution in [-0.2, 0) is 11.2 Å². The van der Waals surface area contributed by atoms with E-state index in [0.29, 0.717) is 11.7 Å². The van der Waals surface area contributed by atoms with Crippen molar-refractivity contribution in [2.24, 2.45) is 0 Å². The smallest absolute Gasteiger partial charge is 0.243 e. The quantitative estimate of drug-likeness (QED) is 0.776. The molecule has 0 saturated heterocycles. The first-order valence-corrected chi connectivity index (χ1v) is 9.50. The van der Waals surface area contributed by atoms with Crippen LogP contribution in [0.15, 0.2) is 17.5 Å². The average molecular weight is 381 g/mol. The van der Waals surface area contributed by atoms with Gasteiger partial charge in [0.2, 0.25) is 5.91 Å². The number of nitrogens with zero attached hydrogens (tertiary/aromatic N) is 1. The number of anilines is 1. The zero-order valence-corrected chi connectivity index (χ0v) is 16.3. The van der Waals surface area contributed by atoms with E-state index < -0.39 is 5.38 Å². The number of amides is 1. The molecule has 1 aliphatic rings. The molecule has 1 N–H and O–H groups in total. The lowest BCUT2D eigenvalue weighted by Crippen LogP contribution is -2.24.